The first-order valence-electron chi connectivity index (χ1n) is 8.88. The third-order valence-electron chi connectivity index (χ3n) is 5.67. The number of piperidine rings is 1. The van der Waals surface area contributed by atoms with E-state index in [1.807, 2.05) is 0 Å². The molecule has 1 saturated carbocycles. The maximum absolute atomic E-state index is 12.2. The Kier molecular flexibility index (Phi) is 5.17. The normalized spacial score (nSPS) is 29.6. The molecular weight excluding hydrogens is 264 g/mol. The average Bonchev–Trinajstić information content (AvgIpc) is 3.18. The Morgan fingerprint density at radius 3 is 2.57 bits per heavy atom. The molecule has 1 amide bonds. The average molecular weight is 294 g/mol. The van der Waals surface area contributed by atoms with Gasteiger partial charge in [-0.2, -0.15) is 0 Å². The number of nitrogens with one attached hydrogen (secondary N) is 1. The van der Waals surface area contributed by atoms with Crippen LogP contribution in [0.2, 0.25) is 0 Å². The molecule has 3 aliphatic rings. The molecule has 4 heteroatoms. The van der Waals surface area contributed by atoms with E-state index in [1.165, 1.54) is 58.0 Å². The fourth-order valence-electron chi connectivity index (χ4n) is 4.35. The second-order valence-corrected chi connectivity index (χ2v) is 7.19. The largest absolute Gasteiger partial charge is 0.381 e. The quantitative estimate of drug-likeness (QED) is 0.846. The maximum Gasteiger partial charge on any atom is 0.220 e. The zero-order valence-electron chi connectivity index (χ0n) is 13.2. The van der Waals surface area contributed by atoms with Crippen molar-refractivity contribution in [3.63, 3.8) is 0 Å². The van der Waals surface area contributed by atoms with Crippen LogP contribution in [0.25, 0.3) is 0 Å². The minimum absolute atomic E-state index is 0.230. The van der Waals surface area contributed by atoms with Gasteiger partial charge in [0.15, 0.2) is 0 Å². The van der Waals surface area contributed by atoms with Crippen LogP contribution in [-0.4, -0.2) is 49.2 Å². The lowest BCUT2D eigenvalue weighted by molar-refractivity contribution is -0.122. The zero-order valence-corrected chi connectivity index (χ0v) is 13.2. The molecule has 120 valence electrons. The van der Waals surface area contributed by atoms with E-state index >= 15 is 0 Å². The van der Waals surface area contributed by atoms with Crippen molar-refractivity contribution in [2.45, 2.75) is 63.3 Å². The van der Waals surface area contributed by atoms with E-state index in [9.17, 15) is 4.79 Å². The minimum atomic E-state index is 0.230. The second kappa shape index (κ2) is 7.10. The number of hydrogen-bond donors (Lipinski definition) is 1. The first-order valence-corrected chi connectivity index (χ1v) is 8.88. The van der Waals surface area contributed by atoms with E-state index in [1.54, 1.807) is 0 Å². The SMILES string of the molecule is O=C(CC1CCOC1)NCC1(N2CCCCC2)CCCC1. The molecule has 1 N–H and O–H groups in total. The Bertz CT molecular complexity index is 341. The molecule has 3 fully saturated rings. The van der Waals surface area contributed by atoms with E-state index in [-0.39, 0.29) is 11.4 Å². The molecule has 0 aromatic carbocycles. The summed E-state index contributed by atoms with van der Waals surface area (Å²) in [4.78, 5) is 14.9. The predicted molar refractivity (Wildman–Crippen MR) is 83.2 cm³/mol. The molecule has 0 aromatic heterocycles. The van der Waals surface area contributed by atoms with Crippen LogP contribution >= 0.6 is 0 Å². The van der Waals surface area contributed by atoms with Gasteiger partial charge in [-0.1, -0.05) is 19.3 Å². The summed E-state index contributed by atoms with van der Waals surface area (Å²) in [6.07, 6.45) is 10.9. The van der Waals surface area contributed by atoms with Crippen molar-refractivity contribution in [1.29, 1.82) is 0 Å². The summed E-state index contributed by atoms with van der Waals surface area (Å²) in [6.45, 7) is 4.92. The summed E-state index contributed by atoms with van der Waals surface area (Å²) < 4.78 is 5.36. The molecule has 0 bridgehead atoms. The van der Waals surface area contributed by atoms with Gasteiger partial charge in [-0.3, -0.25) is 9.69 Å². The number of rotatable bonds is 5. The molecule has 2 saturated heterocycles. The van der Waals surface area contributed by atoms with Crippen molar-refractivity contribution in [2.24, 2.45) is 5.92 Å². The minimum Gasteiger partial charge on any atom is -0.381 e. The summed E-state index contributed by atoms with van der Waals surface area (Å²) in [6, 6.07) is 0. The van der Waals surface area contributed by atoms with Crippen LogP contribution in [0.3, 0.4) is 0 Å². The number of carbonyl (C=O) groups excluding carboxylic acids is 1. The zero-order chi connectivity index (χ0) is 14.5. The Morgan fingerprint density at radius 2 is 1.90 bits per heavy atom. The van der Waals surface area contributed by atoms with Crippen LogP contribution in [0.5, 0.6) is 0 Å². The Hall–Kier alpha value is -0.610. The first-order chi connectivity index (χ1) is 10.3. The molecule has 0 aromatic rings. The van der Waals surface area contributed by atoms with E-state index in [2.05, 4.69) is 10.2 Å². The van der Waals surface area contributed by atoms with Gasteiger partial charge in [0.1, 0.15) is 0 Å². The topological polar surface area (TPSA) is 41.6 Å². The van der Waals surface area contributed by atoms with Crippen molar-refractivity contribution in [3.8, 4) is 0 Å². The summed E-state index contributed by atoms with van der Waals surface area (Å²) in [5.41, 5.74) is 0.266. The summed E-state index contributed by atoms with van der Waals surface area (Å²) in [5.74, 6) is 0.674. The van der Waals surface area contributed by atoms with Crippen molar-refractivity contribution >= 4 is 5.91 Å². The molecule has 1 unspecified atom stereocenters. The lowest BCUT2D eigenvalue weighted by atomic mass is 9.92. The monoisotopic (exact) mass is 294 g/mol. The Morgan fingerprint density at radius 1 is 1.14 bits per heavy atom. The van der Waals surface area contributed by atoms with Crippen molar-refractivity contribution in [1.82, 2.24) is 10.2 Å². The second-order valence-electron chi connectivity index (χ2n) is 7.19. The molecule has 3 rings (SSSR count). The third-order valence-corrected chi connectivity index (χ3v) is 5.67. The molecule has 21 heavy (non-hydrogen) atoms. The van der Waals surface area contributed by atoms with Gasteiger partial charge in [0.05, 0.1) is 0 Å². The van der Waals surface area contributed by atoms with Crippen LogP contribution in [0.15, 0.2) is 0 Å². The number of likely N-dealkylation sites (tertiary alicyclic amines) is 1. The lowest BCUT2D eigenvalue weighted by Crippen LogP contribution is -2.55. The predicted octanol–water partition coefficient (Wildman–Crippen LogP) is 2.33. The molecule has 1 aliphatic carbocycles. The highest BCUT2D eigenvalue weighted by Gasteiger charge is 2.40. The highest BCUT2D eigenvalue weighted by Crippen LogP contribution is 2.36. The molecule has 2 heterocycles. The van der Waals surface area contributed by atoms with Gasteiger partial charge in [0.2, 0.25) is 5.91 Å². The number of carbonyl (C=O) groups is 1. The van der Waals surface area contributed by atoms with Crippen LogP contribution in [0, 0.1) is 5.92 Å². The fraction of sp³-hybridized carbons (Fsp3) is 0.941. The smallest absolute Gasteiger partial charge is 0.220 e. The number of ether oxygens (including phenoxy) is 1. The van der Waals surface area contributed by atoms with Crippen LogP contribution in [0.1, 0.15) is 57.8 Å². The standard InChI is InChI=1S/C17H30N2O2/c20-16(12-15-6-11-21-13-15)18-14-17(7-2-3-8-17)19-9-4-1-5-10-19/h15H,1-14H2,(H,18,20). The van der Waals surface area contributed by atoms with Gasteiger partial charge in [0.25, 0.3) is 0 Å². The first kappa shape index (κ1) is 15.3. The van der Waals surface area contributed by atoms with E-state index in [4.69, 9.17) is 4.74 Å². The van der Waals surface area contributed by atoms with Gasteiger partial charge in [-0.25, -0.2) is 0 Å². The highest BCUT2D eigenvalue weighted by atomic mass is 16.5. The van der Waals surface area contributed by atoms with E-state index in [0.717, 1.165) is 26.2 Å². The number of amides is 1. The molecule has 4 nitrogen and oxygen atoms in total. The maximum atomic E-state index is 12.2. The Balaban J connectivity index is 1.51. The van der Waals surface area contributed by atoms with Crippen LogP contribution < -0.4 is 5.32 Å². The third kappa shape index (κ3) is 3.78. The number of nitrogens with zero attached hydrogens (tertiary/aromatic N) is 1. The van der Waals surface area contributed by atoms with E-state index in [0.29, 0.717) is 12.3 Å². The van der Waals surface area contributed by atoms with Crippen molar-refractivity contribution in [3.05, 3.63) is 0 Å². The Labute approximate surface area is 128 Å². The van der Waals surface area contributed by atoms with E-state index < -0.39 is 0 Å². The molecular formula is C17H30N2O2. The number of hydrogen-bond acceptors (Lipinski definition) is 3. The van der Waals surface area contributed by atoms with Crippen molar-refractivity contribution < 1.29 is 9.53 Å². The van der Waals surface area contributed by atoms with Gasteiger partial charge in [-0.05, 0) is 51.1 Å². The highest BCUT2D eigenvalue weighted by molar-refractivity contribution is 5.76. The van der Waals surface area contributed by atoms with Gasteiger partial charge in [0, 0.05) is 31.7 Å². The summed E-state index contributed by atoms with van der Waals surface area (Å²) >= 11 is 0. The fourth-order valence-corrected chi connectivity index (χ4v) is 4.35. The molecule has 1 atom stereocenters. The lowest BCUT2D eigenvalue weighted by Gasteiger charge is -2.43. The van der Waals surface area contributed by atoms with Crippen molar-refractivity contribution in [2.75, 3.05) is 32.8 Å². The van der Waals surface area contributed by atoms with Gasteiger partial charge >= 0.3 is 0 Å². The van der Waals surface area contributed by atoms with Crippen LogP contribution in [0.4, 0.5) is 0 Å². The van der Waals surface area contributed by atoms with Gasteiger partial charge in [-0.15, -0.1) is 0 Å². The van der Waals surface area contributed by atoms with Crippen LogP contribution in [-0.2, 0) is 9.53 Å². The molecule has 2 aliphatic heterocycles. The van der Waals surface area contributed by atoms with Gasteiger partial charge < -0.3 is 10.1 Å². The molecule has 0 spiro atoms. The molecule has 0 radical (unpaired) electrons. The summed E-state index contributed by atoms with van der Waals surface area (Å²) in [7, 11) is 0. The summed E-state index contributed by atoms with van der Waals surface area (Å²) in [5, 5.41) is 3.25.